The average molecular weight is 367 g/mol. The van der Waals surface area contributed by atoms with E-state index < -0.39 is 0 Å². The van der Waals surface area contributed by atoms with Crippen LogP contribution in [0, 0.1) is 13.8 Å². The first kappa shape index (κ1) is 18.8. The topological polar surface area (TPSA) is 81.8 Å². The van der Waals surface area contributed by atoms with E-state index in [4.69, 9.17) is 0 Å². The number of amides is 1. The molecular weight excluding hydrogens is 342 g/mol. The Hall–Kier alpha value is -2.96. The summed E-state index contributed by atoms with van der Waals surface area (Å²) in [6, 6.07) is 7.07. The first-order chi connectivity index (χ1) is 12.9. The highest BCUT2D eigenvalue weighted by molar-refractivity contribution is 5.77. The molecule has 27 heavy (non-hydrogen) atoms. The van der Waals surface area contributed by atoms with E-state index in [0.29, 0.717) is 17.4 Å². The molecule has 7 heteroatoms. The normalized spacial score (nSPS) is 12.3. The van der Waals surface area contributed by atoms with Gasteiger partial charge in [0, 0.05) is 30.8 Å². The molecular formula is C20H25N5O2. The maximum Gasteiger partial charge on any atom is 0.261 e. The Balaban J connectivity index is 1.67. The second-order valence-corrected chi connectivity index (χ2v) is 6.70. The van der Waals surface area contributed by atoms with Gasteiger partial charge in [0.15, 0.2) is 0 Å². The summed E-state index contributed by atoms with van der Waals surface area (Å²) in [5, 5.41) is 8.08. The van der Waals surface area contributed by atoms with Crippen LogP contribution >= 0.6 is 0 Å². The Labute approximate surface area is 158 Å². The smallest absolute Gasteiger partial charge is 0.261 e. The fourth-order valence-corrected chi connectivity index (χ4v) is 3.52. The van der Waals surface area contributed by atoms with E-state index in [9.17, 15) is 9.59 Å². The van der Waals surface area contributed by atoms with Crippen molar-refractivity contribution in [1.29, 1.82) is 0 Å². The molecule has 0 unspecified atom stereocenters. The number of fused-ring (bicyclic) bond motifs is 1. The number of nitrogens with zero attached hydrogens (tertiary/aromatic N) is 4. The Morgan fingerprint density at radius 1 is 1.26 bits per heavy atom. The van der Waals surface area contributed by atoms with Gasteiger partial charge < -0.3 is 5.32 Å². The zero-order chi connectivity index (χ0) is 19.6. The highest BCUT2D eigenvalue weighted by atomic mass is 16.2. The molecule has 2 aromatic heterocycles. The lowest BCUT2D eigenvalue weighted by Gasteiger charge is -2.15. The van der Waals surface area contributed by atoms with Crippen LogP contribution in [0.1, 0.15) is 43.3 Å². The number of rotatable bonds is 6. The lowest BCUT2D eigenvalue weighted by Crippen LogP contribution is -2.30. The van der Waals surface area contributed by atoms with Crippen LogP contribution in [0.25, 0.3) is 10.9 Å². The average Bonchev–Trinajstić information content (AvgIpc) is 2.95. The van der Waals surface area contributed by atoms with Crippen molar-refractivity contribution in [2.45, 2.75) is 53.2 Å². The molecule has 1 amide bonds. The van der Waals surface area contributed by atoms with Gasteiger partial charge in [0.1, 0.15) is 0 Å². The van der Waals surface area contributed by atoms with E-state index >= 15 is 0 Å². The van der Waals surface area contributed by atoms with Gasteiger partial charge in [-0.3, -0.25) is 18.8 Å². The molecule has 1 aromatic carbocycles. The minimum Gasteiger partial charge on any atom is -0.349 e. The molecule has 1 N–H and O–H groups in total. The van der Waals surface area contributed by atoms with E-state index in [1.54, 1.807) is 12.1 Å². The van der Waals surface area contributed by atoms with Crippen molar-refractivity contribution in [2.75, 3.05) is 0 Å². The van der Waals surface area contributed by atoms with Gasteiger partial charge in [-0.2, -0.15) is 5.10 Å². The molecule has 2 heterocycles. The molecule has 0 spiro atoms. The molecule has 0 saturated carbocycles. The zero-order valence-corrected chi connectivity index (χ0v) is 16.2. The summed E-state index contributed by atoms with van der Waals surface area (Å²) in [6.07, 6.45) is 1.71. The number of nitrogens with one attached hydrogen (secondary N) is 1. The predicted octanol–water partition coefficient (Wildman–Crippen LogP) is 2.50. The number of hydrogen-bond acceptors (Lipinski definition) is 4. The van der Waals surface area contributed by atoms with Gasteiger partial charge in [0.25, 0.3) is 5.56 Å². The molecule has 142 valence electrons. The van der Waals surface area contributed by atoms with Gasteiger partial charge in [-0.1, -0.05) is 12.1 Å². The molecule has 3 rings (SSSR count). The van der Waals surface area contributed by atoms with Crippen LogP contribution in [0.3, 0.4) is 0 Å². The molecule has 0 aliphatic heterocycles. The van der Waals surface area contributed by atoms with Gasteiger partial charge in [0.05, 0.1) is 29.0 Å². The van der Waals surface area contributed by atoms with E-state index in [1.165, 1.54) is 10.9 Å². The van der Waals surface area contributed by atoms with Crippen LogP contribution in [0.5, 0.6) is 0 Å². The number of carbonyl (C=O) groups excluding carboxylic acids is 1. The Kier molecular flexibility index (Phi) is 5.39. The van der Waals surface area contributed by atoms with Crippen LogP contribution in [0.15, 0.2) is 35.4 Å². The number of carbonyl (C=O) groups is 1. The monoisotopic (exact) mass is 367 g/mol. The number of aryl methyl sites for hydroxylation is 3. The minimum absolute atomic E-state index is 0.106. The van der Waals surface area contributed by atoms with Crippen LogP contribution < -0.4 is 10.9 Å². The highest BCUT2D eigenvalue weighted by Crippen LogP contribution is 2.21. The summed E-state index contributed by atoms with van der Waals surface area (Å²) in [5.74, 6) is -0.106. The van der Waals surface area contributed by atoms with E-state index in [2.05, 4.69) is 15.4 Å². The van der Waals surface area contributed by atoms with Crippen LogP contribution in [0.2, 0.25) is 0 Å². The Bertz CT molecular complexity index is 1030. The quantitative estimate of drug-likeness (QED) is 0.726. The third kappa shape index (κ3) is 3.77. The second kappa shape index (κ2) is 7.73. The van der Waals surface area contributed by atoms with E-state index in [0.717, 1.165) is 23.5 Å². The van der Waals surface area contributed by atoms with Crippen molar-refractivity contribution in [3.63, 3.8) is 0 Å². The molecule has 3 aromatic rings. The summed E-state index contributed by atoms with van der Waals surface area (Å²) in [7, 11) is 0. The summed E-state index contributed by atoms with van der Waals surface area (Å²) in [6.45, 7) is 9.06. The third-order valence-corrected chi connectivity index (χ3v) is 4.86. The Morgan fingerprint density at radius 2 is 2.00 bits per heavy atom. The van der Waals surface area contributed by atoms with Gasteiger partial charge in [-0.25, -0.2) is 4.98 Å². The van der Waals surface area contributed by atoms with Gasteiger partial charge in [0.2, 0.25) is 5.91 Å². The first-order valence-electron chi connectivity index (χ1n) is 9.19. The van der Waals surface area contributed by atoms with Gasteiger partial charge >= 0.3 is 0 Å². The number of hydrogen-bond donors (Lipinski definition) is 1. The van der Waals surface area contributed by atoms with Crippen LogP contribution in [-0.2, 0) is 17.9 Å². The van der Waals surface area contributed by atoms with Crippen molar-refractivity contribution >= 4 is 16.8 Å². The summed E-state index contributed by atoms with van der Waals surface area (Å²) < 4.78 is 3.42. The van der Waals surface area contributed by atoms with Crippen molar-refractivity contribution in [2.24, 2.45) is 0 Å². The standard InChI is InChI=1S/C20H25N5O2/c1-5-25-15(4)19(14(3)23-25)13(2)22-18(26)10-11-24-12-21-17-9-7-6-8-16(17)20(24)27/h6-9,12-13H,5,10-11H2,1-4H3,(H,22,26)/t13-/m1/s1. The highest BCUT2D eigenvalue weighted by Gasteiger charge is 2.18. The number of benzene rings is 1. The van der Waals surface area contributed by atoms with E-state index in [-0.39, 0.29) is 23.9 Å². The lowest BCUT2D eigenvalue weighted by molar-refractivity contribution is -0.121. The fraction of sp³-hybridized carbons (Fsp3) is 0.400. The summed E-state index contributed by atoms with van der Waals surface area (Å²) >= 11 is 0. The van der Waals surface area contributed by atoms with Crippen molar-refractivity contribution in [1.82, 2.24) is 24.6 Å². The third-order valence-electron chi connectivity index (χ3n) is 4.86. The Morgan fingerprint density at radius 3 is 2.70 bits per heavy atom. The second-order valence-electron chi connectivity index (χ2n) is 6.70. The molecule has 0 aliphatic carbocycles. The van der Waals surface area contributed by atoms with Gasteiger partial charge in [-0.15, -0.1) is 0 Å². The zero-order valence-electron chi connectivity index (χ0n) is 16.2. The number of para-hydroxylation sites is 1. The summed E-state index contributed by atoms with van der Waals surface area (Å²) in [4.78, 5) is 29.2. The largest absolute Gasteiger partial charge is 0.349 e. The molecule has 0 radical (unpaired) electrons. The maximum absolute atomic E-state index is 12.5. The maximum atomic E-state index is 12.5. The molecule has 0 fully saturated rings. The fourth-order valence-electron chi connectivity index (χ4n) is 3.52. The van der Waals surface area contributed by atoms with Crippen LogP contribution in [0.4, 0.5) is 0 Å². The molecule has 7 nitrogen and oxygen atoms in total. The molecule has 0 saturated heterocycles. The molecule has 0 aliphatic rings. The molecule has 0 bridgehead atoms. The SMILES string of the molecule is CCn1nc(C)c([C@@H](C)NC(=O)CCn2cnc3ccccc3c2=O)c1C. The predicted molar refractivity (Wildman–Crippen MR) is 105 cm³/mol. The number of aromatic nitrogens is 4. The minimum atomic E-state index is -0.135. The molecule has 1 atom stereocenters. The van der Waals surface area contributed by atoms with Crippen LogP contribution in [-0.4, -0.2) is 25.2 Å². The first-order valence-corrected chi connectivity index (χ1v) is 9.19. The summed E-state index contributed by atoms with van der Waals surface area (Å²) in [5.41, 5.74) is 3.58. The van der Waals surface area contributed by atoms with Gasteiger partial charge in [-0.05, 0) is 39.8 Å². The lowest BCUT2D eigenvalue weighted by atomic mass is 10.1. The van der Waals surface area contributed by atoms with E-state index in [1.807, 2.05) is 44.5 Å². The van der Waals surface area contributed by atoms with Crippen molar-refractivity contribution < 1.29 is 4.79 Å². The van der Waals surface area contributed by atoms with Crippen molar-refractivity contribution in [3.8, 4) is 0 Å². The van der Waals surface area contributed by atoms with Crippen molar-refractivity contribution in [3.05, 3.63) is 57.9 Å².